The highest BCUT2D eigenvalue weighted by molar-refractivity contribution is 7.93. The number of methoxy groups -OCH3 is 4. The third kappa shape index (κ3) is 6.16. The number of hydrogen-bond acceptors (Lipinski definition) is 8. The number of amides is 1. The van der Waals surface area contributed by atoms with Crippen molar-refractivity contribution in [1.82, 2.24) is 0 Å². The van der Waals surface area contributed by atoms with Crippen molar-refractivity contribution in [2.24, 2.45) is 5.73 Å². The molecule has 3 N–H and O–H groups in total. The number of carboxylic acid groups (broad SMARTS) is 1. The van der Waals surface area contributed by atoms with E-state index in [1.165, 1.54) is 52.7 Å². The number of sulfone groups is 1. The summed E-state index contributed by atoms with van der Waals surface area (Å²) in [6, 6.07) is 7.30. The number of nitrogens with two attached hydrogens (primary N) is 1. The van der Waals surface area contributed by atoms with Gasteiger partial charge >= 0.3 is 5.97 Å². The fourth-order valence-corrected chi connectivity index (χ4v) is 4.24. The second-order valence-electron chi connectivity index (χ2n) is 6.81. The van der Waals surface area contributed by atoms with Crippen LogP contribution in [0.1, 0.15) is 22.6 Å². The third-order valence-corrected chi connectivity index (χ3v) is 5.99. The highest BCUT2D eigenvalue weighted by Crippen LogP contribution is 2.35. The molecule has 0 saturated carbocycles. The van der Waals surface area contributed by atoms with E-state index in [0.29, 0.717) is 22.8 Å². The Morgan fingerprint density at radius 2 is 1.55 bits per heavy atom. The van der Waals surface area contributed by atoms with Gasteiger partial charge in [0.2, 0.25) is 5.91 Å². The van der Waals surface area contributed by atoms with Gasteiger partial charge in [-0.05, 0) is 23.8 Å². The molecule has 0 aliphatic carbocycles. The Balaban J connectivity index is 2.43. The lowest BCUT2D eigenvalue weighted by Gasteiger charge is -2.15. The van der Waals surface area contributed by atoms with Gasteiger partial charge in [-0.15, -0.1) is 0 Å². The lowest BCUT2D eigenvalue weighted by atomic mass is 9.96. The molecule has 1 unspecified atom stereocenters. The summed E-state index contributed by atoms with van der Waals surface area (Å²) < 4.78 is 46.4. The van der Waals surface area contributed by atoms with Crippen LogP contribution in [0.25, 0.3) is 6.08 Å². The molecule has 0 saturated heterocycles. The van der Waals surface area contributed by atoms with Crippen LogP contribution in [0.3, 0.4) is 0 Å². The SMILES string of the molecule is COc1cc(OC)c(C=CS(=O)(=O)Cc2ccc(OC)c(C(C(N)=O)C(=O)O)c2)c(OC)c1. The molecule has 33 heavy (non-hydrogen) atoms. The van der Waals surface area contributed by atoms with Crippen LogP contribution >= 0.6 is 0 Å². The number of carboxylic acids is 1. The summed E-state index contributed by atoms with van der Waals surface area (Å²) in [7, 11) is 1.80. The molecule has 0 aliphatic heterocycles. The number of carbonyl (C=O) groups is 2. The highest BCUT2D eigenvalue weighted by atomic mass is 32.2. The number of carbonyl (C=O) groups excluding carboxylic acids is 1. The van der Waals surface area contributed by atoms with Crippen LogP contribution in [-0.2, 0) is 25.2 Å². The smallest absolute Gasteiger partial charge is 0.320 e. The summed E-state index contributed by atoms with van der Waals surface area (Å²) in [6.45, 7) is 0. The van der Waals surface area contributed by atoms with Gasteiger partial charge in [-0.1, -0.05) is 6.07 Å². The minimum absolute atomic E-state index is 0.0346. The maximum atomic E-state index is 12.8. The molecule has 10 nitrogen and oxygen atoms in total. The Morgan fingerprint density at radius 3 is 2.00 bits per heavy atom. The fourth-order valence-electron chi connectivity index (χ4n) is 3.16. The van der Waals surface area contributed by atoms with Crippen LogP contribution in [0.2, 0.25) is 0 Å². The van der Waals surface area contributed by atoms with Crippen LogP contribution in [-0.4, -0.2) is 53.8 Å². The molecular formula is C22H25NO9S. The van der Waals surface area contributed by atoms with Crippen molar-refractivity contribution >= 4 is 27.8 Å². The zero-order chi connectivity index (χ0) is 24.8. The molecule has 0 heterocycles. The summed E-state index contributed by atoms with van der Waals surface area (Å²) in [4.78, 5) is 23.2. The van der Waals surface area contributed by atoms with Crippen LogP contribution in [0.5, 0.6) is 23.0 Å². The summed E-state index contributed by atoms with van der Waals surface area (Å²) in [5, 5.41) is 10.4. The molecule has 0 bridgehead atoms. The van der Waals surface area contributed by atoms with E-state index < -0.39 is 33.4 Å². The van der Waals surface area contributed by atoms with Crippen molar-refractivity contribution in [2.45, 2.75) is 11.7 Å². The predicted molar refractivity (Wildman–Crippen MR) is 120 cm³/mol. The number of benzene rings is 2. The van der Waals surface area contributed by atoms with Crippen LogP contribution in [0.15, 0.2) is 35.7 Å². The number of hydrogen-bond donors (Lipinski definition) is 2. The molecule has 1 amide bonds. The Bertz CT molecular complexity index is 1130. The normalized spacial score (nSPS) is 12.2. The van der Waals surface area contributed by atoms with Crippen LogP contribution in [0.4, 0.5) is 0 Å². The minimum Gasteiger partial charge on any atom is -0.496 e. The largest absolute Gasteiger partial charge is 0.496 e. The molecule has 0 aliphatic rings. The summed E-state index contributed by atoms with van der Waals surface area (Å²) in [5.41, 5.74) is 5.82. The second-order valence-corrected chi connectivity index (χ2v) is 8.69. The summed E-state index contributed by atoms with van der Waals surface area (Å²) in [6.07, 6.45) is 1.33. The van der Waals surface area contributed by atoms with E-state index in [0.717, 1.165) is 5.41 Å². The molecule has 11 heteroatoms. The van der Waals surface area contributed by atoms with E-state index in [1.807, 2.05) is 0 Å². The van der Waals surface area contributed by atoms with Gasteiger partial charge in [0.25, 0.3) is 0 Å². The molecule has 2 aromatic rings. The molecule has 0 fully saturated rings. The number of aliphatic carboxylic acids is 1. The third-order valence-electron chi connectivity index (χ3n) is 4.70. The van der Waals surface area contributed by atoms with Crippen molar-refractivity contribution < 1.29 is 42.1 Å². The Labute approximate surface area is 191 Å². The maximum Gasteiger partial charge on any atom is 0.320 e. The van der Waals surface area contributed by atoms with E-state index >= 15 is 0 Å². The van der Waals surface area contributed by atoms with E-state index in [1.54, 1.807) is 12.1 Å². The Morgan fingerprint density at radius 1 is 0.970 bits per heavy atom. The fraction of sp³-hybridized carbons (Fsp3) is 0.273. The molecular weight excluding hydrogens is 454 g/mol. The van der Waals surface area contributed by atoms with E-state index in [2.05, 4.69) is 0 Å². The van der Waals surface area contributed by atoms with Gasteiger partial charge in [-0.2, -0.15) is 0 Å². The quantitative estimate of drug-likeness (QED) is 0.461. The number of primary amides is 1. The molecule has 2 rings (SSSR count). The van der Waals surface area contributed by atoms with Gasteiger partial charge in [0.1, 0.15) is 23.0 Å². The predicted octanol–water partition coefficient (Wildman–Crippen LogP) is 1.96. The number of rotatable bonds is 11. The molecule has 2 aromatic carbocycles. The van der Waals surface area contributed by atoms with Crippen molar-refractivity contribution in [3.8, 4) is 23.0 Å². The van der Waals surface area contributed by atoms with Crippen molar-refractivity contribution in [1.29, 1.82) is 0 Å². The van der Waals surface area contributed by atoms with Gasteiger partial charge in [-0.25, -0.2) is 8.42 Å². The zero-order valence-electron chi connectivity index (χ0n) is 18.5. The topological polar surface area (TPSA) is 151 Å². The van der Waals surface area contributed by atoms with Gasteiger partial charge in [-0.3, -0.25) is 9.59 Å². The lowest BCUT2D eigenvalue weighted by molar-refractivity contribution is -0.142. The van der Waals surface area contributed by atoms with Crippen LogP contribution < -0.4 is 24.7 Å². The van der Waals surface area contributed by atoms with E-state index in [4.69, 9.17) is 24.7 Å². The van der Waals surface area contributed by atoms with E-state index in [-0.39, 0.29) is 16.9 Å². The highest BCUT2D eigenvalue weighted by Gasteiger charge is 2.29. The van der Waals surface area contributed by atoms with Crippen LogP contribution in [0, 0.1) is 0 Å². The van der Waals surface area contributed by atoms with Gasteiger partial charge < -0.3 is 29.8 Å². The molecule has 0 aromatic heterocycles. The first-order valence-corrected chi connectivity index (χ1v) is 11.2. The molecule has 0 radical (unpaired) electrons. The first-order valence-electron chi connectivity index (χ1n) is 9.46. The molecule has 1 atom stereocenters. The van der Waals surface area contributed by atoms with Crippen molar-refractivity contribution in [3.05, 3.63) is 52.4 Å². The first kappa shape index (κ1) is 25.5. The average molecular weight is 480 g/mol. The zero-order valence-corrected chi connectivity index (χ0v) is 19.3. The first-order chi connectivity index (χ1) is 15.6. The summed E-state index contributed by atoms with van der Waals surface area (Å²) in [5.74, 6) is -3.47. The van der Waals surface area contributed by atoms with Gasteiger partial charge in [0.05, 0.1) is 39.8 Å². The average Bonchev–Trinajstić information content (AvgIpc) is 2.76. The Hall–Kier alpha value is -3.73. The minimum atomic E-state index is -3.83. The summed E-state index contributed by atoms with van der Waals surface area (Å²) >= 11 is 0. The second kappa shape index (κ2) is 10.7. The number of ether oxygens (including phenoxy) is 4. The van der Waals surface area contributed by atoms with E-state index in [9.17, 15) is 23.1 Å². The molecule has 178 valence electrons. The monoisotopic (exact) mass is 479 g/mol. The standard InChI is InChI=1S/C22H25NO9S/c1-29-14-10-18(31-3)15(19(11-14)32-4)7-8-33(27,28)12-13-5-6-17(30-2)16(9-13)20(21(23)24)22(25)26/h5-11,20H,12H2,1-4H3,(H2,23,24)(H,25,26). The van der Waals surface area contributed by atoms with Crippen molar-refractivity contribution in [3.63, 3.8) is 0 Å². The Kier molecular flexibility index (Phi) is 8.30. The molecule has 0 spiro atoms. The lowest BCUT2D eigenvalue weighted by Crippen LogP contribution is -2.28. The maximum absolute atomic E-state index is 12.8. The van der Waals surface area contributed by atoms with Gasteiger partial charge in [0.15, 0.2) is 15.8 Å². The van der Waals surface area contributed by atoms with Crippen molar-refractivity contribution in [2.75, 3.05) is 28.4 Å². The van der Waals surface area contributed by atoms with Gasteiger partial charge in [0, 0.05) is 23.1 Å².